The van der Waals surface area contributed by atoms with Crippen molar-refractivity contribution in [3.63, 3.8) is 0 Å². The number of carbonyl (C=O) groups excluding carboxylic acids is 1. The number of piperidine rings is 1. The molecule has 2 aliphatic rings. The molecule has 0 aliphatic carbocycles. The van der Waals surface area contributed by atoms with E-state index in [1.54, 1.807) is 21.6 Å². The molecule has 0 spiro atoms. The molecule has 4 heterocycles. The van der Waals surface area contributed by atoms with Gasteiger partial charge in [-0.1, -0.05) is 23.9 Å². The van der Waals surface area contributed by atoms with Crippen molar-refractivity contribution in [3.8, 4) is 5.69 Å². The summed E-state index contributed by atoms with van der Waals surface area (Å²) < 4.78 is 42.1. The number of likely N-dealkylation sites (tertiary alicyclic amines) is 1. The first-order valence-electron chi connectivity index (χ1n) is 10.4. The van der Waals surface area contributed by atoms with Crippen LogP contribution in [0.1, 0.15) is 23.6 Å². The number of fused-ring (bicyclic) bond motifs is 4. The van der Waals surface area contributed by atoms with Gasteiger partial charge in [0.15, 0.2) is 0 Å². The third kappa shape index (κ3) is 4.26. The van der Waals surface area contributed by atoms with Crippen molar-refractivity contribution in [2.24, 2.45) is 5.92 Å². The van der Waals surface area contributed by atoms with E-state index in [2.05, 4.69) is 15.5 Å². The smallest absolute Gasteiger partial charge is 0.341 e. The van der Waals surface area contributed by atoms with E-state index in [0.29, 0.717) is 19.6 Å². The number of alkyl halides is 3. The first-order valence-corrected chi connectivity index (χ1v) is 11.3. The van der Waals surface area contributed by atoms with E-state index >= 15 is 0 Å². The Hall–Kier alpha value is -3.15. The van der Waals surface area contributed by atoms with Crippen LogP contribution in [0.5, 0.6) is 0 Å². The summed E-state index contributed by atoms with van der Waals surface area (Å²) in [6.45, 7) is 1.68. The van der Waals surface area contributed by atoms with Gasteiger partial charge in [-0.15, -0.1) is 5.10 Å². The molecule has 1 fully saturated rings. The van der Waals surface area contributed by atoms with Crippen molar-refractivity contribution >= 4 is 17.7 Å². The van der Waals surface area contributed by atoms with E-state index in [1.807, 2.05) is 6.07 Å². The lowest BCUT2D eigenvalue weighted by atomic mass is 9.83. The molecular formula is C21H19F3N6O2S. The number of thioether (sulfide) groups is 1. The SMILES string of the molecule is O=C(CSc1nnnn1-c1cccc(C(F)(F)F)c1)N1CC2CC(C1)c1cccc(=O)n1C2. The van der Waals surface area contributed by atoms with Gasteiger partial charge in [0.1, 0.15) is 0 Å². The van der Waals surface area contributed by atoms with Crippen LogP contribution >= 0.6 is 11.8 Å². The molecule has 0 N–H and O–H groups in total. The summed E-state index contributed by atoms with van der Waals surface area (Å²) in [6.07, 6.45) is -3.54. The van der Waals surface area contributed by atoms with Gasteiger partial charge >= 0.3 is 6.18 Å². The maximum absolute atomic E-state index is 13.0. The number of benzene rings is 1. The van der Waals surface area contributed by atoms with E-state index in [9.17, 15) is 22.8 Å². The van der Waals surface area contributed by atoms with Crippen molar-refractivity contribution in [1.29, 1.82) is 0 Å². The van der Waals surface area contributed by atoms with Crippen LogP contribution in [0.2, 0.25) is 0 Å². The molecule has 2 aliphatic heterocycles. The van der Waals surface area contributed by atoms with Crippen molar-refractivity contribution < 1.29 is 18.0 Å². The molecule has 5 rings (SSSR count). The maximum Gasteiger partial charge on any atom is 0.416 e. The molecule has 12 heteroatoms. The lowest BCUT2D eigenvalue weighted by molar-refractivity contribution is -0.137. The Bertz CT molecular complexity index is 1260. The topological polar surface area (TPSA) is 85.9 Å². The number of nitrogens with zero attached hydrogens (tertiary/aromatic N) is 6. The summed E-state index contributed by atoms with van der Waals surface area (Å²) in [5.74, 6) is 0.275. The Kier molecular flexibility index (Phi) is 5.47. The second-order valence-corrected chi connectivity index (χ2v) is 9.15. The predicted molar refractivity (Wildman–Crippen MR) is 113 cm³/mol. The zero-order valence-electron chi connectivity index (χ0n) is 17.3. The lowest BCUT2D eigenvalue weighted by Gasteiger charge is -2.42. The Labute approximate surface area is 190 Å². The second kappa shape index (κ2) is 8.32. The van der Waals surface area contributed by atoms with Crippen LogP contribution in [0.25, 0.3) is 5.69 Å². The van der Waals surface area contributed by atoms with E-state index in [4.69, 9.17) is 0 Å². The van der Waals surface area contributed by atoms with Crippen LogP contribution in [-0.2, 0) is 17.5 Å². The minimum Gasteiger partial charge on any atom is -0.341 e. The Morgan fingerprint density at radius 1 is 1.12 bits per heavy atom. The first kappa shape index (κ1) is 21.7. The van der Waals surface area contributed by atoms with Gasteiger partial charge in [0, 0.05) is 37.3 Å². The van der Waals surface area contributed by atoms with Crippen LogP contribution in [0.15, 0.2) is 52.4 Å². The van der Waals surface area contributed by atoms with Crippen LogP contribution in [0.3, 0.4) is 0 Å². The van der Waals surface area contributed by atoms with E-state index in [-0.39, 0.29) is 39.9 Å². The Balaban J connectivity index is 1.28. The first-order chi connectivity index (χ1) is 15.8. The van der Waals surface area contributed by atoms with Crippen molar-refractivity contribution in [1.82, 2.24) is 29.7 Å². The summed E-state index contributed by atoms with van der Waals surface area (Å²) in [6, 6.07) is 9.94. The summed E-state index contributed by atoms with van der Waals surface area (Å²) in [5.41, 5.74) is 0.303. The zero-order chi connectivity index (χ0) is 23.2. The number of tetrazole rings is 1. The van der Waals surface area contributed by atoms with Gasteiger partial charge in [0.05, 0.1) is 17.0 Å². The molecule has 2 bridgehead atoms. The Morgan fingerprint density at radius 2 is 1.94 bits per heavy atom. The van der Waals surface area contributed by atoms with Crippen molar-refractivity contribution in [2.75, 3.05) is 18.8 Å². The molecule has 1 saturated heterocycles. The number of carbonyl (C=O) groups is 1. The fraction of sp³-hybridized carbons (Fsp3) is 0.381. The van der Waals surface area contributed by atoms with Gasteiger partial charge in [-0.2, -0.15) is 17.9 Å². The fourth-order valence-electron chi connectivity index (χ4n) is 4.56. The summed E-state index contributed by atoms with van der Waals surface area (Å²) in [4.78, 5) is 26.9. The van der Waals surface area contributed by atoms with Crippen LogP contribution in [0.4, 0.5) is 13.2 Å². The molecule has 0 radical (unpaired) electrons. The molecular weight excluding hydrogens is 457 g/mol. The second-order valence-electron chi connectivity index (χ2n) is 8.21. The van der Waals surface area contributed by atoms with Gasteiger partial charge in [-0.25, -0.2) is 0 Å². The summed E-state index contributed by atoms with van der Waals surface area (Å²) >= 11 is 1.08. The number of amides is 1. The number of hydrogen-bond acceptors (Lipinski definition) is 6. The third-order valence-corrected chi connectivity index (χ3v) is 6.92. The highest BCUT2D eigenvalue weighted by molar-refractivity contribution is 7.99. The largest absolute Gasteiger partial charge is 0.416 e. The average molecular weight is 476 g/mol. The molecule has 1 aromatic carbocycles. The van der Waals surface area contributed by atoms with Crippen molar-refractivity contribution in [2.45, 2.75) is 30.2 Å². The number of rotatable bonds is 4. The quantitative estimate of drug-likeness (QED) is 0.538. The van der Waals surface area contributed by atoms with Crippen LogP contribution in [0, 0.1) is 5.92 Å². The maximum atomic E-state index is 13.0. The normalized spacial score (nSPS) is 19.9. The molecule has 1 amide bonds. The molecule has 33 heavy (non-hydrogen) atoms. The van der Waals surface area contributed by atoms with E-state index in [1.165, 1.54) is 16.8 Å². The molecule has 8 nitrogen and oxygen atoms in total. The predicted octanol–water partition coefficient (Wildman–Crippen LogP) is 2.58. The summed E-state index contributed by atoms with van der Waals surface area (Å²) in [5, 5.41) is 11.5. The Morgan fingerprint density at radius 3 is 2.76 bits per heavy atom. The number of pyridine rings is 1. The molecule has 2 unspecified atom stereocenters. The average Bonchev–Trinajstić information content (AvgIpc) is 3.26. The molecule has 2 atom stereocenters. The highest BCUT2D eigenvalue weighted by Crippen LogP contribution is 2.35. The molecule has 172 valence electrons. The number of hydrogen-bond donors (Lipinski definition) is 0. The van der Waals surface area contributed by atoms with E-state index in [0.717, 1.165) is 36.0 Å². The number of halogens is 3. The highest BCUT2D eigenvalue weighted by atomic mass is 32.2. The third-order valence-electron chi connectivity index (χ3n) is 6.02. The fourth-order valence-corrected chi connectivity index (χ4v) is 5.36. The van der Waals surface area contributed by atoms with Crippen LogP contribution < -0.4 is 5.56 Å². The zero-order valence-corrected chi connectivity index (χ0v) is 18.1. The van der Waals surface area contributed by atoms with Gasteiger partial charge in [-0.3, -0.25) is 9.59 Å². The highest BCUT2D eigenvalue weighted by Gasteiger charge is 2.36. The van der Waals surface area contributed by atoms with Gasteiger partial charge < -0.3 is 9.47 Å². The monoisotopic (exact) mass is 476 g/mol. The van der Waals surface area contributed by atoms with Gasteiger partial charge in [-0.05, 0) is 47.0 Å². The lowest BCUT2D eigenvalue weighted by Crippen LogP contribution is -2.49. The molecule has 3 aromatic rings. The van der Waals surface area contributed by atoms with Crippen LogP contribution in [-0.4, -0.2) is 54.4 Å². The molecule has 0 saturated carbocycles. The van der Waals surface area contributed by atoms with Crippen molar-refractivity contribution in [3.05, 3.63) is 64.1 Å². The number of aromatic nitrogens is 5. The van der Waals surface area contributed by atoms with E-state index < -0.39 is 11.7 Å². The molecule has 2 aromatic heterocycles. The minimum atomic E-state index is -4.48. The summed E-state index contributed by atoms with van der Waals surface area (Å²) in [7, 11) is 0. The van der Waals surface area contributed by atoms with Gasteiger partial charge in [0.2, 0.25) is 11.1 Å². The standard InChI is InChI=1S/C21H19F3N6O2S/c22-21(23,24)15-3-1-4-16(8-15)30-20(25-26-27-30)33-12-19(32)28-9-13-7-14(11-28)17-5-2-6-18(31)29(17)10-13/h1-6,8,13-14H,7,9-12H2. The minimum absolute atomic E-state index is 0.0149. The van der Waals surface area contributed by atoms with Gasteiger partial charge in [0.25, 0.3) is 5.56 Å².